The van der Waals surface area contributed by atoms with Crippen molar-refractivity contribution in [2.45, 2.75) is 26.7 Å². The average molecular weight is 209 g/mol. The van der Waals surface area contributed by atoms with Crippen LogP contribution in [0.25, 0.3) is 0 Å². The second-order valence-corrected chi connectivity index (χ2v) is 3.36. The Morgan fingerprint density at radius 1 is 1.29 bits per heavy atom. The quantitative estimate of drug-likeness (QED) is 0.740. The van der Waals surface area contributed by atoms with Crippen molar-refractivity contribution in [3.05, 3.63) is 11.9 Å². The molecular weight excluding hydrogens is 195 g/mol. The monoisotopic (exact) mass is 209 g/mol. The van der Waals surface area contributed by atoms with Gasteiger partial charge in [-0.05, 0) is 5.92 Å². The molecule has 0 aromatic heterocycles. The third-order valence-electron chi connectivity index (χ3n) is 1.47. The molecule has 2 nitrogen and oxygen atoms in total. The molecule has 0 saturated heterocycles. The van der Waals surface area contributed by atoms with Crippen molar-refractivity contribution in [2.24, 2.45) is 5.92 Å². The van der Waals surface area contributed by atoms with Crippen molar-refractivity contribution in [1.82, 2.24) is 5.32 Å². The fraction of sp³-hybridized carbons (Fsp3) is 0.667. The van der Waals surface area contributed by atoms with E-state index in [0.29, 0.717) is 6.42 Å². The molecule has 0 aliphatic rings. The first-order valence-corrected chi connectivity index (χ1v) is 4.39. The van der Waals surface area contributed by atoms with E-state index in [1.54, 1.807) is 0 Å². The molecule has 0 aliphatic carbocycles. The van der Waals surface area contributed by atoms with Gasteiger partial charge in [-0.15, -0.1) is 0 Å². The van der Waals surface area contributed by atoms with Crippen molar-refractivity contribution in [1.29, 1.82) is 0 Å². The topological polar surface area (TPSA) is 29.1 Å². The maximum atomic E-state index is 12.2. The first-order chi connectivity index (χ1) is 6.43. The van der Waals surface area contributed by atoms with E-state index in [1.165, 1.54) is 0 Å². The number of carbonyl (C=O) groups excluding carboxylic acids is 1. The number of halogens is 3. The molecule has 0 rings (SSSR count). The molecule has 0 aromatic rings. The van der Waals surface area contributed by atoms with Gasteiger partial charge in [0.15, 0.2) is 5.83 Å². The Morgan fingerprint density at radius 2 is 1.86 bits per heavy atom. The lowest BCUT2D eigenvalue weighted by Crippen LogP contribution is -2.25. The lowest BCUT2D eigenvalue weighted by atomic mass is 10.1. The van der Waals surface area contributed by atoms with Crippen LogP contribution in [0.4, 0.5) is 13.2 Å². The minimum absolute atomic E-state index is 0.0886. The number of nitrogens with one attached hydrogen (secondary N) is 1. The molecule has 0 fully saturated rings. The predicted octanol–water partition coefficient (Wildman–Crippen LogP) is 2.62. The van der Waals surface area contributed by atoms with Crippen LogP contribution in [0, 0.1) is 5.92 Å². The fourth-order valence-corrected chi connectivity index (χ4v) is 0.849. The number of hydrogen-bond donors (Lipinski definition) is 1. The van der Waals surface area contributed by atoms with Crippen molar-refractivity contribution in [2.75, 3.05) is 6.54 Å². The van der Waals surface area contributed by atoms with Crippen LogP contribution < -0.4 is 5.32 Å². The molecule has 0 aromatic carbocycles. The van der Waals surface area contributed by atoms with E-state index in [-0.39, 0.29) is 18.4 Å². The van der Waals surface area contributed by atoms with Crippen molar-refractivity contribution in [3.63, 3.8) is 0 Å². The molecule has 0 unspecified atom stereocenters. The van der Waals surface area contributed by atoms with Gasteiger partial charge < -0.3 is 5.32 Å². The third kappa shape index (κ3) is 6.51. The van der Waals surface area contributed by atoms with Gasteiger partial charge >= 0.3 is 6.08 Å². The zero-order valence-electron chi connectivity index (χ0n) is 8.24. The lowest BCUT2D eigenvalue weighted by molar-refractivity contribution is -0.121. The van der Waals surface area contributed by atoms with Gasteiger partial charge in [0.2, 0.25) is 5.91 Å². The van der Waals surface area contributed by atoms with Gasteiger partial charge in [0, 0.05) is 19.4 Å². The minimum Gasteiger partial charge on any atom is -0.356 e. The molecule has 14 heavy (non-hydrogen) atoms. The Hall–Kier alpha value is -1.00. The summed E-state index contributed by atoms with van der Waals surface area (Å²) in [5.74, 6) is -1.50. The molecule has 0 bridgehead atoms. The first kappa shape index (κ1) is 13.0. The summed E-state index contributed by atoms with van der Waals surface area (Å²) in [4.78, 5) is 11.0. The van der Waals surface area contributed by atoms with Crippen LogP contribution in [-0.2, 0) is 4.79 Å². The maximum Gasteiger partial charge on any atom is 0.301 e. The highest BCUT2D eigenvalue weighted by Crippen LogP contribution is 2.11. The number of hydrogen-bond acceptors (Lipinski definition) is 1. The maximum absolute atomic E-state index is 12.2. The van der Waals surface area contributed by atoms with E-state index in [4.69, 9.17) is 0 Å². The molecule has 0 saturated carbocycles. The molecule has 0 spiro atoms. The van der Waals surface area contributed by atoms with Gasteiger partial charge in [-0.3, -0.25) is 4.79 Å². The van der Waals surface area contributed by atoms with Gasteiger partial charge in [0.25, 0.3) is 0 Å². The molecule has 1 amide bonds. The van der Waals surface area contributed by atoms with E-state index in [2.05, 4.69) is 5.32 Å². The van der Waals surface area contributed by atoms with Crippen molar-refractivity contribution >= 4 is 5.91 Å². The van der Waals surface area contributed by atoms with E-state index in [9.17, 15) is 18.0 Å². The highest BCUT2D eigenvalue weighted by molar-refractivity contribution is 5.75. The molecule has 1 N–H and O–H groups in total. The second-order valence-electron chi connectivity index (χ2n) is 3.36. The van der Waals surface area contributed by atoms with Crippen LogP contribution in [0.1, 0.15) is 26.7 Å². The zero-order valence-corrected chi connectivity index (χ0v) is 8.24. The van der Waals surface area contributed by atoms with Crippen LogP contribution >= 0.6 is 0 Å². The van der Waals surface area contributed by atoms with Gasteiger partial charge in [-0.25, -0.2) is 4.39 Å². The Balaban J connectivity index is 3.65. The molecule has 0 atom stereocenters. The molecule has 0 radical (unpaired) electrons. The highest BCUT2D eigenvalue weighted by atomic mass is 19.3. The van der Waals surface area contributed by atoms with Gasteiger partial charge in [0.05, 0.1) is 0 Å². The largest absolute Gasteiger partial charge is 0.356 e. The molecule has 0 heterocycles. The summed E-state index contributed by atoms with van der Waals surface area (Å²) in [6.07, 6.45) is -2.45. The predicted molar refractivity (Wildman–Crippen MR) is 47.4 cm³/mol. The second kappa shape index (κ2) is 6.45. The summed E-state index contributed by atoms with van der Waals surface area (Å²) in [6, 6.07) is 0. The van der Waals surface area contributed by atoms with Crippen LogP contribution in [0.5, 0.6) is 0 Å². The first-order valence-electron chi connectivity index (χ1n) is 4.39. The van der Waals surface area contributed by atoms with Crippen LogP contribution in [0.3, 0.4) is 0 Å². The minimum atomic E-state index is -2.32. The highest BCUT2D eigenvalue weighted by Gasteiger charge is 2.07. The normalized spacial score (nSPS) is 10.1. The Labute approximate surface area is 81.2 Å². The van der Waals surface area contributed by atoms with Crippen molar-refractivity contribution in [3.8, 4) is 0 Å². The van der Waals surface area contributed by atoms with E-state index < -0.39 is 18.3 Å². The molecule has 82 valence electrons. The zero-order chi connectivity index (χ0) is 11.1. The lowest BCUT2D eigenvalue weighted by Gasteiger charge is -2.05. The summed E-state index contributed by atoms with van der Waals surface area (Å²) >= 11 is 0. The average Bonchev–Trinajstić information content (AvgIpc) is 2.02. The smallest absolute Gasteiger partial charge is 0.301 e. The van der Waals surface area contributed by atoms with Gasteiger partial charge in [-0.1, -0.05) is 13.8 Å². The number of rotatable bonds is 5. The summed E-state index contributed by atoms with van der Waals surface area (Å²) in [6.45, 7) is 3.64. The van der Waals surface area contributed by atoms with Gasteiger partial charge in [0.1, 0.15) is 0 Å². The summed E-state index contributed by atoms with van der Waals surface area (Å²) in [5.41, 5.74) is 0. The molecular formula is C9H14F3NO. The standard InChI is InChI=1S/C9H14F3NO/c1-6(2)5-8(14)13-4-3-7(10)9(11)12/h6H,3-5H2,1-2H3,(H,13,14). The number of carbonyl (C=O) groups is 1. The summed E-state index contributed by atoms with van der Waals surface area (Å²) < 4.78 is 35.3. The summed E-state index contributed by atoms with van der Waals surface area (Å²) in [7, 11) is 0. The van der Waals surface area contributed by atoms with Crippen LogP contribution in [-0.4, -0.2) is 12.5 Å². The van der Waals surface area contributed by atoms with E-state index >= 15 is 0 Å². The summed E-state index contributed by atoms with van der Waals surface area (Å²) in [5, 5.41) is 2.35. The fourth-order valence-electron chi connectivity index (χ4n) is 0.849. The Morgan fingerprint density at radius 3 is 2.29 bits per heavy atom. The van der Waals surface area contributed by atoms with Gasteiger partial charge in [-0.2, -0.15) is 8.78 Å². The number of amides is 1. The Kier molecular flexibility index (Phi) is 5.99. The van der Waals surface area contributed by atoms with E-state index in [0.717, 1.165) is 0 Å². The van der Waals surface area contributed by atoms with Crippen molar-refractivity contribution < 1.29 is 18.0 Å². The van der Waals surface area contributed by atoms with E-state index in [1.807, 2.05) is 13.8 Å². The third-order valence-corrected chi connectivity index (χ3v) is 1.47. The SMILES string of the molecule is CC(C)CC(=O)NCCC(F)=C(F)F. The van der Waals surface area contributed by atoms with Crippen LogP contribution in [0.15, 0.2) is 11.9 Å². The Bertz CT molecular complexity index is 222. The molecule has 0 aliphatic heterocycles. The van der Waals surface area contributed by atoms with Crippen LogP contribution in [0.2, 0.25) is 0 Å². The molecule has 5 heteroatoms.